The second-order valence-electron chi connectivity index (χ2n) is 5.03. The molecule has 0 spiro atoms. The van der Waals surface area contributed by atoms with Crippen LogP contribution in [0.25, 0.3) is 0 Å². The molecular formula is C13H19N3O3. The Kier molecular flexibility index (Phi) is 4.88. The molecule has 0 fully saturated rings. The summed E-state index contributed by atoms with van der Waals surface area (Å²) in [5.41, 5.74) is 2.85. The first-order valence-corrected chi connectivity index (χ1v) is 5.88. The molecule has 0 aliphatic carbocycles. The standard InChI is InChI=1S/C13H19N3O3/c1-13(2,3)19-12(18)15-8-9-4-6-10(7-5-9)11(17)16-14/h4-7H,8,14H2,1-3H3,(H,15,18)(H,16,17). The van der Waals surface area contributed by atoms with E-state index in [4.69, 9.17) is 10.6 Å². The topological polar surface area (TPSA) is 93.4 Å². The van der Waals surface area contributed by atoms with E-state index in [9.17, 15) is 9.59 Å². The van der Waals surface area contributed by atoms with Crippen LogP contribution >= 0.6 is 0 Å². The zero-order valence-electron chi connectivity index (χ0n) is 11.3. The Bertz CT molecular complexity index is 449. The molecule has 0 bridgehead atoms. The fourth-order valence-corrected chi connectivity index (χ4v) is 1.35. The summed E-state index contributed by atoms with van der Waals surface area (Å²) in [4.78, 5) is 22.7. The maximum atomic E-state index is 11.4. The largest absolute Gasteiger partial charge is 0.444 e. The number of nitrogen functional groups attached to an aromatic ring is 1. The molecule has 104 valence electrons. The number of benzene rings is 1. The van der Waals surface area contributed by atoms with Gasteiger partial charge in [0.15, 0.2) is 0 Å². The smallest absolute Gasteiger partial charge is 0.407 e. The van der Waals surface area contributed by atoms with Crippen molar-refractivity contribution in [2.75, 3.05) is 0 Å². The van der Waals surface area contributed by atoms with Crippen molar-refractivity contribution in [2.45, 2.75) is 32.9 Å². The third-order valence-corrected chi connectivity index (χ3v) is 2.18. The Morgan fingerprint density at radius 1 is 1.21 bits per heavy atom. The summed E-state index contributed by atoms with van der Waals surface area (Å²) in [6.07, 6.45) is -0.476. The van der Waals surface area contributed by atoms with Crippen molar-refractivity contribution in [3.63, 3.8) is 0 Å². The van der Waals surface area contributed by atoms with Gasteiger partial charge in [0.1, 0.15) is 5.60 Å². The van der Waals surface area contributed by atoms with Crippen LogP contribution < -0.4 is 16.6 Å². The lowest BCUT2D eigenvalue weighted by molar-refractivity contribution is 0.0523. The van der Waals surface area contributed by atoms with E-state index in [1.165, 1.54) is 0 Å². The van der Waals surface area contributed by atoms with Gasteiger partial charge < -0.3 is 10.1 Å². The highest BCUT2D eigenvalue weighted by Crippen LogP contribution is 2.08. The van der Waals surface area contributed by atoms with Gasteiger partial charge in [0, 0.05) is 12.1 Å². The van der Waals surface area contributed by atoms with Gasteiger partial charge in [-0.1, -0.05) is 12.1 Å². The van der Waals surface area contributed by atoms with Gasteiger partial charge in [0.25, 0.3) is 5.91 Å². The van der Waals surface area contributed by atoms with Crippen molar-refractivity contribution in [3.8, 4) is 0 Å². The molecule has 0 atom stereocenters. The summed E-state index contributed by atoms with van der Waals surface area (Å²) in [6.45, 7) is 5.73. The molecular weight excluding hydrogens is 246 g/mol. The summed E-state index contributed by atoms with van der Waals surface area (Å²) in [5.74, 6) is 4.67. The van der Waals surface area contributed by atoms with Crippen LogP contribution in [0.3, 0.4) is 0 Å². The predicted octanol–water partition coefficient (Wildman–Crippen LogP) is 1.31. The van der Waals surface area contributed by atoms with E-state index in [1.807, 2.05) is 5.43 Å². The number of hydrogen-bond acceptors (Lipinski definition) is 4. The molecule has 2 amide bonds. The minimum atomic E-state index is -0.521. The van der Waals surface area contributed by atoms with E-state index in [1.54, 1.807) is 45.0 Å². The SMILES string of the molecule is CC(C)(C)OC(=O)NCc1ccc(C(=O)NN)cc1. The molecule has 6 nitrogen and oxygen atoms in total. The van der Waals surface area contributed by atoms with Gasteiger partial charge in [-0.25, -0.2) is 10.6 Å². The van der Waals surface area contributed by atoms with Crippen LogP contribution in [0.2, 0.25) is 0 Å². The van der Waals surface area contributed by atoms with Crippen LogP contribution in [-0.2, 0) is 11.3 Å². The maximum absolute atomic E-state index is 11.4. The summed E-state index contributed by atoms with van der Waals surface area (Å²) >= 11 is 0. The number of carbonyl (C=O) groups is 2. The number of hydrogen-bond donors (Lipinski definition) is 3. The highest BCUT2D eigenvalue weighted by atomic mass is 16.6. The third-order valence-electron chi connectivity index (χ3n) is 2.18. The van der Waals surface area contributed by atoms with Gasteiger partial charge in [0.05, 0.1) is 0 Å². The maximum Gasteiger partial charge on any atom is 0.407 e. The van der Waals surface area contributed by atoms with Crippen LogP contribution in [0.5, 0.6) is 0 Å². The minimum Gasteiger partial charge on any atom is -0.444 e. The molecule has 0 radical (unpaired) electrons. The second kappa shape index (κ2) is 6.19. The van der Waals surface area contributed by atoms with E-state index in [-0.39, 0.29) is 5.91 Å². The van der Waals surface area contributed by atoms with E-state index >= 15 is 0 Å². The van der Waals surface area contributed by atoms with Gasteiger partial charge in [-0.3, -0.25) is 10.2 Å². The summed E-state index contributed by atoms with van der Waals surface area (Å²) in [7, 11) is 0. The molecule has 4 N–H and O–H groups in total. The first-order valence-electron chi connectivity index (χ1n) is 5.88. The van der Waals surface area contributed by atoms with Crippen molar-refractivity contribution in [1.82, 2.24) is 10.7 Å². The molecule has 0 heterocycles. The van der Waals surface area contributed by atoms with Gasteiger partial charge in [-0.15, -0.1) is 0 Å². The number of rotatable bonds is 3. The quantitative estimate of drug-likeness (QED) is 0.436. The predicted molar refractivity (Wildman–Crippen MR) is 71.2 cm³/mol. The number of nitrogens with one attached hydrogen (secondary N) is 2. The van der Waals surface area contributed by atoms with Crippen molar-refractivity contribution >= 4 is 12.0 Å². The van der Waals surface area contributed by atoms with Crippen molar-refractivity contribution in [2.24, 2.45) is 5.84 Å². The van der Waals surface area contributed by atoms with Crippen molar-refractivity contribution in [1.29, 1.82) is 0 Å². The number of amides is 2. The highest BCUT2D eigenvalue weighted by Gasteiger charge is 2.15. The van der Waals surface area contributed by atoms with Crippen LogP contribution in [0.1, 0.15) is 36.7 Å². The van der Waals surface area contributed by atoms with E-state index < -0.39 is 11.7 Å². The zero-order chi connectivity index (χ0) is 14.5. The first-order chi connectivity index (χ1) is 8.81. The Morgan fingerprint density at radius 2 is 1.79 bits per heavy atom. The van der Waals surface area contributed by atoms with Crippen LogP contribution in [-0.4, -0.2) is 17.6 Å². The zero-order valence-corrected chi connectivity index (χ0v) is 11.3. The fraction of sp³-hybridized carbons (Fsp3) is 0.385. The Labute approximate surface area is 112 Å². The number of nitrogens with two attached hydrogens (primary N) is 1. The average molecular weight is 265 g/mol. The fourth-order valence-electron chi connectivity index (χ4n) is 1.35. The molecule has 1 aromatic rings. The monoisotopic (exact) mass is 265 g/mol. The van der Waals surface area contributed by atoms with Gasteiger partial charge in [-0.2, -0.15) is 0 Å². The molecule has 0 aliphatic heterocycles. The van der Waals surface area contributed by atoms with E-state index in [2.05, 4.69) is 5.32 Å². The first kappa shape index (κ1) is 15.0. The molecule has 0 saturated carbocycles. The lowest BCUT2D eigenvalue weighted by Crippen LogP contribution is -2.32. The van der Waals surface area contributed by atoms with Crippen molar-refractivity contribution in [3.05, 3.63) is 35.4 Å². The number of ether oxygens (including phenoxy) is 1. The van der Waals surface area contributed by atoms with Crippen LogP contribution in [0, 0.1) is 0 Å². The number of hydrazine groups is 1. The molecule has 0 unspecified atom stereocenters. The van der Waals surface area contributed by atoms with Crippen LogP contribution in [0.15, 0.2) is 24.3 Å². The summed E-state index contributed by atoms with van der Waals surface area (Å²) in [5, 5.41) is 2.63. The molecule has 0 saturated heterocycles. The molecule has 19 heavy (non-hydrogen) atoms. The van der Waals surface area contributed by atoms with Crippen LogP contribution in [0.4, 0.5) is 4.79 Å². The normalized spacial score (nSPS) is 10.7. The molecule has 6 heteroatoms. The lowest BCUT2D eigenvalue weighted by Gasteiger charge is -2.19. The van der Waals surface area contributed by atoms with Gasteiger partial charge in [0.2, 0.25) is 0 Å². The Morgan fingerprint density at radius 3 is 2.26 bits per heavy atom. The number of carbonyl (C=O) groups excluding carboxylic acids is 2. The highest BCUT2D eigenvalue weighted by molar-refractivity contribution is 5.93. The summed E-state index contributed by atoms with van der Waals surface area (Å²) < 4.78 is 5.11. The Hall–Kier alpha value is -2.08. The van der Waals surface area contributed by atoms with Crippen molar-refractivity contribution < 1.29 is 14.3 Å². The van der Waals surface area contributed by atoms with Gasteiger partial charge >= 0.3 is 6.09 Å². The molecule has 0 aliphatic rings. The van der Waals surface area contributed by atoms with Gasteiger partial charge in [-0.05, 0) is 38.5 Å². The minimum absolute atomic E-state index is 0.333. The average Bonchev–Trinajstić information content (AvgIpc) is 2.34. The van der Waals surface area contributed by atoms with E-state index in [0.717, 1.165) is 5.56 Å². The number of alkyl carbamates (subject to hydrolysis) is 1. The molecule has 1 rings (SSSR count). The lowest BCUT2D eigenvalue weighted by atomic mass is 10.1. The van der Waals surface area contributed by atoms with E-state index in [0.29, 0.717) is 12.1 Å². The molecule has 1 aromatic carbocycles. The second-order valence-corrected chi connectivity index (χ2v) is 5.03. The third kappa shape index (κ3) is 5.39. The Balaban J connectivity index is 2.50. The molecule has 0 aromatic heterocycles. The summed E-state index contributed by atoms with van der Waals surface area (Å²) in [6, 6.07) is 6.74.